The van der Waals surface area contributed by atoms with Crippen molar-refractivity contribution in [3.05, 3.63) is 29.8 Å². The molecule has 2 rings (SSSR count). The maximum atomic E-state index is 12.4. The van der Waals surface area contributed by atoms with E-state index in [2.05, 4.69) is 43.2 Å². The molecule has 5 nitrogen and oxygen atoms in total. The highest BCUT2D eigenvalue weighted by Crippen LogP contribution is 2.19. The Bertz CT molecular complexity index is 522. The Hall–Kier alpha value is -1.75. The third-order valence-electron chi connectivity index (χ3n) is 4.74. The number of nitrogens with one attached hydrogen (secondary N) is 1. The lowest BCUT2D eigenvalue weighted by atomic mass is 10.0. The molecule has 1 aliphatic rings. The Morgan fingerprint density at radius 3 is 2.33 bits per heavy atom. The summed E-state index contributed by atoms with van der Waals surface area (Å²) in [5.41, 5.74) is 1.28. The molecule has 1 aromatic rings. The van der Waals surface area contributed by atoms with E-state index in [0.29, 0.717) is 12.0 Å². The monoisotopic (exact) mass is 333 g/mol. The molecule has 0 aromatic heterocycles. The summed E-state index contributed by atoms with van der Waals surface area (Å²) in [4.78, 5) is 16.5. The molecule has 1 saturated heterocycles. The van der Waals surface area contributed by atoms with Crippen LogP contribution >= 0.6 is 0 Å². The first-order valence-electron chi connectivity index (χ1n) is 8.85. The molecule has 1 atom stereocenters. The summed E-state index contributed by atoms with van der Waals surface area (Å²) in [6.07, 6.45) is 1.68. The van der Waals surface area contributed by atoms with Crippen LogP contribution in [0.3, 0.4) is 0 Å². The lowest BCUT2D eigenvalue weighted by Gasteiger charge is -2.35. The molecule has 0 saturated carbocycles. The molecular weight excluding hydrogens is 302 g/mol. The van der Waals surface area contributed by atoms with E-state index in [1.165, 1.54) is 5.56 Å². The minimum absolute atomic E-state index is 0.0733. The van der Waals surface area contributed by atoms with Gasteiger partial charge in [-0.2, -0.15) is 0 Å². The van der Waals surface area contributed by atoms with E-state index in [-0.39, 0.29) is 12.3 Å². The van der Waals surface area contributed by atoms with Crippen LogP contribution in [0.1, 0.15) is 45.1 Å². The van der Waals surface area contributed by atoms with Gasteiger partial charge in [0, 0.05) is 13.1 Å². The number of ether oxygens (including phenoxy) is 1. The topological polar surface area (TPSA) is 44.8 Å². The van der Waals surface area contributed by atoms with E-state index in [9.17, 15) is 4.79 Å². The van der Waals surface area contributed by atoms with Crippen LogP contribution in [0.15, 0.2) is 24.3 Å². The number of carbonyl (C=O) groups excluding carboxylic acids is 1. The summed E-state index contributed by atoms with van der Waals surface area (Å²) < 4.78 is 5.81. The molecule has 0 bridgehead atoms. The summed E-state index contributed by atoms with van der Waals surface area (Å²) in [6, 6.07) is 8.28. The molecule has 1 aromatic carbocycles. The van der Waals surface area contributed by atoms with Crippen LogP contribution in [0, 0.1) is 0 Å². The van der Waals surface area contributed by atoms with Crippen LogP contribution in [0.5, 0.6) is 5.75 Å². The van der Waals surface area contributed by atoms with Gasteiger partial charge >= 0.3 is 6.03 Å². The Kier molecular flexibility index (Phi) is 6.49. The maximum absolute atomic E-state index is 12.4. The fourth-order valence-corrected chi connectivity index (χ4v) is 2.99. The number of likely N-dealkylation sites (tertiary alicyclic amines) is 1. The zero-order chi connectivity index (χ0) is 17.7. The molecule has 1 unspecified atom stereocenters. The Morgan fingerprint density at radius 2 is 1.79 bits per heavy atom. The van der Waals surface area contributed by atoms with Crippen molar-refractivity contribution < 1.29 is 9.53 Å². The third kappa shape index (κ3) is 5.13. The maximum Gasteiger partial charge on any atom is 0.320 e. The van der Waals surface area contributed by atoms with E-state index in [1.54, 1.807) is 0 Å². The van der Waals surface area contributed by atoms with Gasteiger partial charge in [-0.1, -0.05) is 26.0 Å². The molecule has 1 N–H and O–H groups in total. The molecule has 0 radical (unpaired) electrons. The quantitative estimate of drug-likeness (QED) is 0.841. The van der Waals surface area contributed by atoms with Crippen molar-refractivity contribution in [3.63, 3.8) is 0 Å². The molecule has 1 aliphatic heterocycles. The normalized spacial score (nSPS) is 17.6. The van der Waals surface area contributed by atoms with E-state index in [0.717, 1.165) is 31.7 Å². The second kappa shape index (κ2) is 8.38. The number of piperidine rings is 1. The van der Waals surface area contributed by atoms with E-state index < -0.39 is 0 Å². The van der Waals surface area contributed by atoms with Crippen LogP contribution in [0.4, 0.5) is 4.79 Å². The highest BCUT2D eigenvalue weighted by atomic mass is 16.5. The van der Waals surface area contributed by atoms with Gasteiger partial charge in [0.25, 0.3) is 0 Å². The first kappa shape index (κ1) is 18.6. The van der Waals surface area contributed by atoms with Crippen LogP contribution in [0.25, 0.3) is 0 Å². The number of carbonyl (C=O) groups is 1. The summed E-state index contributed by atoms with van der Waals surface area (Å²) in [6.45, 7) is 8.26. The van der Waals surface area contributed by atoms with Crippen molar-refractivity contribution in [2.24, 2.45) is 0 Å². The van der Waals surface area contributed by atoms with Gasteiger partial charge in [0.15, 0.2) is 6.23 Å². The van der Waals surface area contributed by atoms with Gasteiger partial charge in [0.1, 0.15) is 5.75 Å². The summed E-state index contributed by atoms with van der Waals surface area (Å²) in [5, 5.41) is 2.93. The molecule has 1 heterocycles. The number of nitrogens with zero attached hydrogens (tertiary/aromatic N) is 2. The number of rotatable bonds is 5. The Balaban J connectivity index is 1.82. The standard InChI is InChI=1S/C19H31N3O2/c1-14(2)16-6-8-18(9-7-16)24-15(3)20-19(23)22(5)17-10-12-21(4)13-11-17/h6-9,14-15,17H,10-13H2,1-5H3,(H,20,23). The largest absolute Gasteiger partial charge is 0.471 e. The lowest BCUT2D eigenvalue weighted by Crippen LogP contribution is -2.50. The van der Waals surface area contributed by atoms with Gasteiger partial charge in [-0.25, -0.2) is 4.79 Å². The number of urea groups is 1. The fourth-order valence-electron chi connectivity index (χ4n) is 2.99. The van der Waals surface area contributed by atoms with Gasteiger partial charge in [0.05, 0.1) is 0 Å². The molecule has 2 amide bonds. The first-order chi connectivity index (χ1) is 11.4. The van der Waals surface area contributed by atoms with E-state index in [4.69, 9.17) is 4.74 Å². The second-order valence-electron chi connectivity index (χ2n) is 7.08. The van der Waals surface area contributed by atoms with Gasteiger partial charge < -0.3 is 19.9 Å². The molecule has 0 aliphatic carbocycles. The van der Waals surface area contributed by atoms with Crippen molar-refractivity contribution in [1.82, 2.24) is 15.1 Å². The van der Waals surface area contributed by atoms with Gasteiger partial charge in [0.2, 0.25) is 0 Å². The number of hydrogen-bond donors (Lipinski definition) is 1. The fraction of sp³-hybridized carbons (Fsp3) is 0.632. The SMILES string of the molecule is CC(NC(=O)N(C)C1CCN(C)CC1)Oc1ccc(C(C)C)cc1. The molecule has 24 heavy (non-hydrogen) atoms. The molecule has 1 fully saturated rings. The van der Waals surface area contributed by atoms with Crippen molar-refractivity contribution in [1.29, 1.82) is 0 Å². The molecular formula is C19H31N3O2. The third-order valence-corrected chi connectivity index (χ3v) is 4.74. The van der Waals surface area contributed by atoms with Crippen LogP contribution in [0.2, 0.25) is 0 Å². The number of hydrogen-bond acceptors (Lipinski definition) is 3. The zero-order valence-electron chi connectivity index (χ0n) is 15.6. The minimum atomic E-state index is -0.365. The van der Waals surface area contributed by atoms with Crippen molar-refractivity contribution in [2.45, 2.75) is 51.8 Å². The first-order valence-corrected chi connectivity index (χ1v) is 8.85. The smallest absolute Gasteiger partial charge is 0.320 e. The van der Waals surface area contributed by atoms with Crippen molar-refractivity contribution in [3.8, 4) is 5.75 Å². The van der Waals surface area contributed by atoms with Crippen LogP contribution < -0.4 is 10.1 Å². The van der Waals surface area contributed by atoms with Gasteiger partial charge in [-0.05, 0) is 63.5 Å². The van der Waals surface area contributed by atoms with Gasteiger partial charge in [-0.3, -0.25) is 0 Å². The Morgan fingerprint density at radius 1 is 1.21 bits per heavy atom. The van der Waals surface area contributed by atoms with Crippen LogP contribution in [-0.4, -0.2) is 55.3 Å². The zero-order valence-corrected chi connectivity index (χ0v) is 15.6. The summed E-state index contributed by atoms with van der Waals surface area (Å²) >= 11 is 0. The highest BCUT2D eigenvalue weighted by molar-refractivity contribution is 5.74. The molecule has 0 spiro atoms. The lowest BCUT2D eigenvalue weighted by molar-refractivity contribution is 0.127. The number of amides is 2. The second-order valence-corrected chi connectivity index (χ2v) is 7.08. The average Bonchev–Trinajstić information content (AvgIpc) is 2.55. The average molecular weight is 333 g/mol. The van der Waals surface area contributed by atoms with Crippen molar-refractivity contribution >= 4 is 6.03 Å². The molecule has 5 heteroatoms. The predicted molar refractivity (Wildman–Crippen MR) is 97.4 cm³/mol. The highest BCUT2D eigenvalue weighted by Gasteiger charge is 2.24. The van der Waals surface area contributed by atoms with Crippen LogP contribution in [-0.2, 0) is 0 Å². The van der Waals surface area contributed by atoms with Gasteiger partial charge in [-0.15, -0.1) is 0 Å². The Labute approximate surface area is 146 Å². The summed E-state index contributed by atoms with van der Waals surface area (Å²) in [7, 11) is 3.99. The van der Waals surface area contributed by atoms with Crippen molar-refractivity contribution in [2.75, 3.05) is 27.2 Å². The predicted octanol–water partition coefficient (Wildman–Crippen LogP) is 3.27. The minimum Gasteiger partial charge on any atom is -0.471 e. The van der Waals surface area contributed by atoms with E-state index in [1.807, 2.05) is 31.0 Å². The number of benzene rings is 1. The summed E-state index contributed by atoms with van der Waals surface area (Å²) in [5.74, 6) is 1.27. The van der Waals surface area contributed by atoms with E-state index >= 15 is 0 Å². The molecule has 134 valence electrons.